The number of aliphatic hydroxyl groups is 1. The van der Waals surface area contributed by atoms with Crippen molar-refractivity contribution in [3.63, 3.8) is 0 Å². The van der Waals surface area contributed by atoms with Gasteiger partial charge in [-0.2, -0.15) is 0 Å². The van der Waals surface area contributed by atoms with E-state index in [0.29, 0.717) is 5.56 Å². The number of hydrogen-bond donors (Lipinski definition) is 1. The number of carbonyl (C=O) groups is 1. The van der Waals surface area contributed by atoms with Crippen LogP contribution in [0.5, 0.6) is 0 Å². The van der Waals surface area contributed by atoms with Crippen molar-refractivity contribution in [2.45, 2.75) is 12.0 Å². The van der Waals surface area contributed by atoms with Crippen LogP contribution in [-0.4, -0.2) is 21.9 Å². The maximum atomic E-state index is 10.9. The van der Waals surface area contributed by atoms with Crippen LogP contribution in [0.3, 0.4) is 0 Å². The molecule has 1 aliphatic rings. The van der Waals surface area contributed by atoms with Gasteiger partial charge in [0.05, 0.1) is 10.8 Å². The molecule has 0 aliphatic heterocycles. The Bertz CT molecular complexity index is 398. The lowest BCUT2D eigenvalue weighted by Crippen LogP contribution is -1.89. The molecule has 1 N–H and O–H groups in total. The van der Waals surface area contributed by atoms with E-state index in [9.17, 15) is 14.9 Å². The highest BCUT2D eigenvalue weighted by Gasteiger charge is 2.49. The highest BCUT2D eigenvalue weighted by molar-refractivity contribution is 6.06. The molecule has 0 saturated heterocycles. The van der Waals surface area contributed by atoms with E-state index < -0.39 is 16.9 Å². The molecule has 14 heavy (non-hydrogen) atoms. The van der Waals surface area contributed by atoms with Crippen LogP contribution in [-0.2, 0) is 4.79 Å². The van der Waals surface area contributed by atoms with Crippen molar-refractivity contribution < 1.29 is 14.8 Å². The molecule has 0 radical (unpaired) electrons. The average Bonchev–Trinajstić information content (AvgIpc) is 2.75. The van der Waals surface area contributed by atoms with Gasteiger partial charge in [0, 0.05) is 12.1 Å². The summed E-state index contributed by atoms with van der Waals surface area (Å²) in [5.74, 6) is -0.699. The molecule has 5 nitrogen and oxygen atoms in total. The molecular weight excluding hydrogens is 186 g/mol. The van der Waals surface area contributed by atoms with Crippen molar-refractivity contribution in [3.8, 4) is 0 Å². The summed E-state index contributed by atoms with van der Waals surface area (Å²) in [7, 11) is 0. The van der Waals surface area contributed by atoms with Crippen LogP contribution >= 0.6 is 0 Å². The Morgan fingerprint density at radius 2 is 1.79 bits per heavy atom. The van der Waals surface area contributed by atoms with E-state index in [0.717, 1.165) is 0 Å². The first kappa shape index (κ1) is 8.83. The van der Waals surface area contributed by atoms with Gasteiger partial charge in [0.1, 0.15) is 6.10 Å². The van der Waals surface area contributed by atoms with Crippen molar-refractivity contribution in [1.82, 2.24) is 0 Å². The van der Waals surface area contributed by atoms with E-state index in [1.54, 1.807) is 0 Å². The highest BCUT2D eigenvalue weighted by Crippen LogP contribution is 2.36. The number of ketones is 1. The van der Waals surface area contributed by atoms with E-state index in [1.807, 2.05) is 0 Å². The van der Waals surface area contributed by atoms with Crippen LogP contribution in [0.4, 0.5) is 5.69 Å². The number of nitro benzene ring substituents is 1. The van der Waals surface area contributed by atoms with E-state index in [2.05, 4.69) is 0 Å². The van der Waals surface area contributed by atoms with Gasteiger partial charge in [0.25, 0.3) is 5.69 Å². The summed E-state index contributed by atoms with van der Waals surface area (Å²) in [4.78, 5) is 20.7. The third-order valence-electron chi connectivity index (χ3n) is 2.27. The second-order valence-corrected chi connectivity index (χ2v) is 3.17. The summed E-state index contributed by atoms with van der Waals surface area (Å²) in [6.45, 7) is 0. The Balaban J connectivity index is 2.23. The molecule has 1 aromatic rings. The van der Waals surface area contributed by atoms with Crippen LogP contribution < -0.4 is 0 Å². The highest BCUT2D eigenvalue weighted by atomic mass is 16.6. The Hall–Kier alpha value is -1.75. The number of aliphatic hydroxyl groups excluding tert-OH is 1. The summed E-state index contributed by atoms with van der Waals surface area (Å²) in [6.07, 6.45) is -0.920. The molecule has 2 unspecified atom stereocenters. The fourth-order valence-electron chi connectivity index (χ4n) is 1.38. The van der Waals surface area contributed by atoms with Gasteiger partial charge in [-0.05, 0) is 5.56 Å². The summed E-state index contributed by atoms with van der Waals surface area (Å²) < 4.78 is 0. The average molecular weight is 193 g/mol. The lowest BCUT2D eigenvalue weighted by Gasteiger charge is -1.95. The molecule has 72 valence electrons. The quantitative estimate of drug-likeness (QED) is 0.551. The molecule has 2 atom stereocenters. The molecule has 0 heterocycles. The van der Waals surface area contributed by atoms with E-state index in [4.69, 9.17) is 5.11 Å². The maximum Gasteiger partial charge on any atom is 0.269 e. The van der Waals surface area contributed by atoms with Crippen LogP contribution in [0.1, 0.15) is 11.5 Å². The van der Waals surface area contributed by atoms with E-state index >= 15 is 0 Å². The monoisotopic (exact) mass is 193 g/mol. The Kier molecular flexibility index (Phi) is 1.82. The van der Waals surface area contributed by atoms with Gasteiger partial charge in [0.2, 0.25) is 0 Å². The number of benzene rings is 1. The number of rotatable bonds is 2. The largest absolute Gasteiger partial charge is 0.384 e. The Morgan fingerprint density at radius 1 is 1.29 bits per heavy atom. The zero-order valence-electron chi connectivity index (χ0n) is 7.08. The maximum absolute atomic E-state index is 10.9. The summed E-state index contributed by atoms with van der Waals surface area (Å²) >= 11 is 0. The van der Waals surface area contributed by atoms with Gasteiger partial charge < -0.3 is 5.11 Å². The first-order valence-electron chi connectivity index (χ1n) is 4.07. The van der Waals surface area contributed by atoms with Gasteiger partial charge in [-0.3, -0.25) is 14.9 Å². The van der Waals surface area contributed by atoms with Gasteiger partial charge in [-0.15, -0.1) is 0 Å². The van der Waals surface area contributed by atoms with Crippen LogP contribution in [0.15, 0.2) is 24.3 Å². The van der Waals surface area contributed by atoms with Gasteiger partial charge >= 0.3 is 0 Å². The number of hydrogen-bond acceptors (Lipinski definition) is 4. The standard InChI is InChI=1S/C9H7NO4/c11-8-7(9(8)12)5-1-3-6(4-2-5)10(13)14/h1-4,7-8,11H. The molecule has 0 aromatic heterocycles. The third-order valence-corrected chi connectivity index (χ3v) is 2.27. The zero-order chi connectivity index (χ0) is 10.3. The molecule has 5 heteroatoms. The molecular formula is C9H7NO4. The summed E-state index contributed by atoms with van der Waals surface area (Å²) in [6, 6.07) is 5.65. The minimum atomic E-state index is -0.920. The van der Waals surface area contributed by atoms with Gasteiger partial charge in [0.15, 0.2) is 5.78 Å². The van der Waals surface area contributed by atoms with Crippen LogP contribution in [0, 0.1) is 10.1 Å². The molecule has 1 aromatic carbocycles. The van der Waals surface area contributed by atoms with Crippen molar-refractivity contribution in [3.05, 3.63) is 39.9 Å². The minimum Gasteiger partial charge on any atom is -0.384 e. The smallest absolute Gasteiger partial charge is 0.269 e. The minimum absolute atomic E-state index is 0.0173. The fourth-order valence-corrected chi connectivity index (χ4v) is 1.38. The fraction of sp³-hybridized carbons (Fsp3) is 0.222. The summed E-state index contributed by atoms with van der Waals surface area (Å²) in [5, 5.41) is 19.4. The molecule has 1 saturated carbocycles. The Labute approximate surface area is 79.1 Å². The topological polar surface area (TPSA) is 80.4 Å². The molecule has 2 rings (SSSR count). The number of Topliss-reactive ketones (excluding diaryl/α,β-unsaturated/α-hetero) is 1. The van der Waals surface area contributed by atoms with Crippen LogP contribution in [0.2, 0.25) is 0 Å². The van der Waals surface area contributed by atoms with Crippen molar-refractivity contribution in [1.29, 1.82) is 0 Å². The predicted molar refractivity (Wildman–Crippen MR) is 46.9 cm³/mol. The number of nitrogens with zero attached hydrogens (tertiary/aromatic N) is 1. The molecule has 1 fully saturated rings. The number of nitro groups is 1. The van der Waals surface area contributed by atoms with Crippen molar-refractivity contribution in [2.75, 3.05) is 0 Å². The lowest BCUT2D eigenvalue weighted by atomic mass is 10.1. The number of non-ortho nitro benzene ring substituents is 1. The van der Waals surface area contributed by atoms with E-state index in [-0.39, 0.29) is 11.5 Å². The lowest BCUT2D eigenvalue weighted by molar-refractivity contribution is -0.384. The second kappa shape index (κ2) is 2.88. The summed E-state index contributed by atoms with van der Waals surface area (Å²) in [5.41, 5.74) is 0.615. The third kappa shape index (κ3) is 1.27. The SMILES string of the molecule is O=C1C(O)C1c1ccc([N+](=O)[O-])cc1. The normalized spacial score (nSPS) is 24.8. The zero-order valence-corrected chi connectivity index (χ0v) is 7.08. The van der Waals surface area contributed by atoms with Gasteiger partial charge in [-0.25, -0.2) is 0 Å². The molecule has 1 aliphatic carbocycles. The predicted octanol–water partition coefficient (Wildman–Crippen LogP) is 0.622. The second-order valence-electron chi connectivity index (χ2n) is 3.17. The number of carbonyl (C=O) groups excluding carboxylic acids is 1. The van der Waals surface area contributed by atoms with Gasteiger partial charge in [-0.1, -0.05) is 12.1 Å². The molecule has 0 spiro atoms. The molecule has 0 amide bonds. The first-order chi connectivity index (χ1) is 6.61. The van der Waals surface area contributed by atoms with E-state index in [1.165, 1.54) is 24.3 Å². The first-order valence-corrected chi connectivity index (χ1v) is 4.07. The molecule has 0 bridgehead atoms. The van der Waals surface area contributed by atoms with Crippen molar-refractivity contribution in [2.24, 2.45) is 0 Å². The van der Waals surface area contributed by atoms with Crippen LogP contribution in [0.25, 0.3) is 0 Å². The van der Waals surface area contributed by atoms with Crippen molar-refractivity contribution >= 4 is 11.5 Å². The Morgan fingerprint density at radius 3 is 2.14 bits per heavy atom.